The molecule has 5 heteroatoms. The molecule has 106 valence electrons. The van der Waals surface area contributed by atoms with E-state index in [2.05, 4.69) is 0 Å². The summed E-state index contributed by atoms with van der Waals surface area (Å²) >= 11 is 6.21. The number of hydrogen-bond acceptors (Lipinski definition) is 2. The number of aromatic carboxylic acids is 1. The molecule has 2 aromatic rings. The summed E-state index contributed by atoms with van der Waals surface area (Å²) in [5, 5.41) is 10.3. The highest BCUT2D eigenvalue weighted by Crippen LogP contribution is 2.28. The molecule has 0 bridgehead atoms. The van der Waals surface area contributed by atoms with Crippen molar-refractivity contribution in [2.24, 2.45) is 0 Å². The van der Waals surface area contributed by atoms with Crippen LogP contribution in [0, 0.1) is 6.92 Å². The zero-order chi connectivity index (χ0) is 15.0. The molecule has 0 amide bonds. The van der Waals surface area contributed by atoms with Gasteiger partial charge in [-0.25, -0.2) is 4.79 Å². The average Bonchev–Trinajstić information content (AvgIpc) is 2.41. The second-order valence-corrected chi connectivity index (χ2v) is 5.28. The van der Waals surface area contributed by atoms with Gasteiger partial charge in [0.1, 0.15) is 5.69 Å². The third kappa shape index (κ3) is 2.10. The molecule has 0 aliphatic heterocycles. The van der Waals surface area contributed by atoms with Gasteiger partial charge >= 0.3 is 5.97 Å². The van der Waals surface area contributed by atoms with Gasteiger partial charge in [0.05, 0.1) is 10.5 Å². The van der Waals surface area contributed by atoms with Crippen molar-refractivity contribution >= 4 is 28.5 Å². The van der Waals surface area contributed by atoms with Gasteiger partial charge in [0.2, 0.25) is 0 Å². The van der Waals surface area contributed by atoms with Crippen molar-refractivity contribution in [1.82, 2.24) is 4.57 Å². The van der Waals surface area contributed by atoms with Gasteiger partial charge in [0.15, 0.2) is 5.43 Å². The lowest BCUT2D eigenvalue weighted by atomic mass is 10.1. The van der Waals surface area contributed by atoms with Gasteiger partial charge in [-0.15, -0.1) is 0 Å². The quantitative estimate of drug-likeness (QED) is 0.940. The number of para-hydroxylation sites is 1. The topological polar surface area (TPSA) is 59.3 Å². The molecule has 1 aromatic carbocycles. The van der Waals surface area contributed by atoms with Gasteiger partial charge in [-0.05, 0) is 32.4 Å². The molecule has 2 rings (SSSR count). The third-order valence-electron chi connectivity index (χ3n) is 3.64. The molecule has 0 aliphatic carbocycles. The maximum absolute atomic E-state index is 12.3. The van der Waals surface area contributed by atoms with Gasteiger partial charge in [-0.1, -0.05) is 24.6 Å². The summed E-state index contributed by atoms with van der Waals surface area (Å²) in [6.45, 7) is 5.43. The molecule has 20 heavy (non-hydrogen) atoms. The van der Waals surface area contributed by atoms with Gasteiger partial charge in [-0.2, -0.15) is 0 Å². The molecular weight excluding hydrogens is 278 g/mol. The molecule has 0 radical (unpaired) electrons. The van der Waals surface area contributed by atoms with Crippen molar-refractivity contribution in [2.75, 3.05) is 0 Å². The van der Waals surface area contributed by atoms with Crippen LogP contribution in [0.25, 0.3) is 10.9 Å². The SMILES string of the molecule is CCC(C)n1c(C(=O)O)c(C)c(=O)c2cccc(Cl)c21. The molecule has 1 atom stereocenters. The molecular formula is C15H16ClNO3. The molecule has 1 unspecified atom stereocenters. The number of carboxylic acid groups (broad SMARTS) is 1. The average molecular weight is 294 g/mol. The first kappa shape index (κ1) is 14.6. The second kappa shape index (κ2) is 5.29. The fraction of sp³-hybridized carbons (Fsp3) is 0.333. The van der Waals surface area contributed by atoms with Crippen LogP contribution in [0.15, 0.2) is 23.0 Å². The minimum atomic E-state index is -1.11. The Morgan fingerprint density at radius 1 is 1.45 bits per heavy atom. The Kier molecular flexibility index (Phi) is 3.86. The summed E-state index contributed by atoms with van der Waals surface area (Å²) in [4.78, 5) is 23.9. The van der Waals surface area contributed by atoms with Gasteiger partial charge in [0, 0.05) is 17.0 Å². The number of aromatic nitrogens is 1. The van der Waals surface area contributed by atoms with Crippen LogP contribution in [0.4, 0.5) is 0 Å². The van der Waals surface area contributed by atoms with Crippen LogP contribution < -0.4 is 5.43 Å². The van der Waals surface area contributed by atoms with Crippen LogP contribution in [0.5, 0.6) is 0 Å². The lowest BCUT2D eigenvalue weighted by Crippen LogP contribution is -2.24. The minimum absolute atomic E-state index is 0.0185. The van der Waals surface area contributed by atoms with E-state index in [9.17, 15) is 14.7 Å². The van der Waals surface area contributed by atoms with Gasteiger partial charge < -0.3 is 9.67 Å². The van der Waals surface area contributed by atoms with E-state index in [1.165, 1.54) is 0 Å². The molecule has 0 saturated carbocycles. The Hall–Kier alpha value is -1.81. The summed E-state index contributed by atoms with van der Waals surface area (Å²) < 4.78 is 1.66. The summed E-state index contributed by atoms with van der Waals surface area (Å²) in [6.07, 6.45) is 0.739. The lowest BCUT2D eigenvalue weighted by Gasteiger charge is -2.22. The predicted octanol–water partition coefficient (Wildman–Crippen LogP) is 3.63. The zero-order valence-electron chi connectivity index (χ0n) is 11.6. The van der Waals surface area contributed by atoms with Crippen molar-refractivity contribution in [3.8, 4) is 0 Å². The Bertz CT molecular complexity index is 749. The normalized spacial score (nSPS) is 12.6. The molecule has 0 aliphatic rings. The highest BCUT2D eigenvalue weighted by Gasteiger charge is 2.22. The number of carbonyl (C=O) groups is 1. The highest BCUT2D eigenvalue weighted by atomic mass is 35.5. The first-order valence-electron chi connectivity index (χ1n) is 6.46. The summed E-state index contributed by atoms with van der Waals surface area (Å²) in [6, 6.07) is 4.99. The van der Waals surface area contributed by atoms with E-state index in [0.29, 0.717) is 15.9 Å². The Morgan fingerprint density at radius 3 is 2.65 bits per heavy atom. The second-order valence-electron chi connectivity index (χ2n) is 4.87. The number of rotatable bonds is 3. The molecule has 0 saturated heterocycles. The fourth-order valence-electron chi connectivity index (χ4n) is 2.43. The number of nitrogens with zero attached hydrogens (tertiary/aromatic N) is 1. The zero-order valence-corrected chi connectivity index (χ0v) is 12.4. The number of hydrogen-bond donors (Lipinski definition) is 1. The Morgan fingerprint density at radius 2 is 2.10 bits per heavy atom. The number of carboxylic acids is 1. The largest absolute Gasteiger partial charge is 0.477 e. The first-order valence-corrected chi connectivity index (χ1v) is 6.84. The van der Waals surface area contributed by atoms with Crippen LogP contribution in [0.3, 0.4) is 0 Å². The van der Waals surface area contributed by atoms with E-state index < -0.39 is 5.97 Å². The number of halogens is 1. The van der Waals surface area contributed by atoms with Crippen molar-refractivity contribution < 1.29 is 9.90 Å². The third-order valence-corrected chi connectivity index (χ3v) is 3.95. The highest BCUT2D eigenvalue weighted by molar-refractivity contribution is 6.35. The van der Waals surface area contributed by atoms with E-state index in [1.807, 2.05) is 13.8 Å². The summed E-state index contributed by atoms with van der Waals surface area (Å²) in [5.74, 6) is -1.11. The van der Waals surface area contributed by atoms with Gasteiger partial charge in [-0.3, -0.25) is 4.79 Å². The summed E-state index contributed by atoms with van der Waals surface area (Å²) in [5.41, 5.74) is 0.480. The maximum atomic E-state index is 12.3. The molecule has 1 heterocycles. The summed E-state index contributed by atoms with van der Waals surface area (Å²) in [7, 11) is 0. The van der Waals surface area contributed by atoms with Crippen LogP contribution in [0.2, 0.25) is 5.02 Å². The van der Waals surface area contributed by atoms with Gasteiger partial charge in [0.25, 0.3) is 0 Å². The molecule has 1 aromatic heterocycles. The van der Waals surface area contributed by atoms with Crippen LogP contribution in [-0.2, 0) is 0 Å². The van der Waals surface area contributed by atoms with E-state index in [0.717, 1.165) is 6.42 Å². The molecule has 4 nitrogen and oxygen atoms in total. The van der Waals surface area contributed by atoms with Crippen molar-refractivity contribution in [3.63, 3.8) is 0 Å². The molecule has 1 N–H and O–H groups in total. The Balaban J connectivity index is 3.11. The van der Waals surface area contributed by atoms with E-state index >= 15 is 0 Å². The fourth-order valence-corrected chi connectivity index (χ4v) is 2.70. The molecule has 0 spiro atoms. The minimum Gasteiger partial charge on any atom is -0.477 e. The Labute approximate surface area is 121 Å². The van der Waals surface area contributed by atoms with Crippen molar-refractivity contribution in [2.45, 2.75) is 33.2 Å². The standard InChI is InChI=1S/C15H16ClNO3/c1-4-8(2)17-12(15(19)20)9(3)14(18)10-6-5-7-11(16)13(10)17/h5-8H,4H2,1-3H3,(H,19,20). The predicted molar refractivity (Wildman–Crippen MR) is 79.9 cm³/mol. The number of benzene rings is 1. The smallest absolute Gasteiger partial charge is 0.352 e. The number of pyridine rings is 1. The van der Waals surface area contributed by atoms with E-state index in [-0.39, 0.29) is 22.7 Å². The van der Waals surface area contributed by atoms with E-state index in [1.54, 1.807) is 29.7 Å². The monoisotopic (exact) mass is 293 g/mol. The van der Waals surface area contributed by atoms with Crippen LogP contribution >= 0.6 is 11.6 Å². The van der Waals surface area contributed by atoms with Crippen LogP contribution in [-0.4, -0.2) is 15.6 Å². The first-order chi connectivity index (χ1) is 9.40. The number of fused-ring (bicyclic) bond motifs is 1. The molecule has 0 fully saturated rings. The van der Waals surface area contributed by atoms with Crippen molar-refractivity contribution in [3.05, 3.63) is 44.7 Å². The van der Waals surface area contributed by atoms with E-state index in [4.69, 9.17) is 11.6 Å². The van der Waals surface area contributed by atoms with Crippen molar-refractivity contribution in [1.29, 1.82) is 0 Å². The maximum Gasteiger partial charge on any atom is 0.352 e. The lowest BCUT2D eigenvalue weighted by molar-refractivity contribution is 0.0681. The van der Waals surface area contributed by atoms with Crippen LogP contribution in [0.1, 0.15) is 42.4 Å².